The summed E-state index contributed by atoms with van der Waals surface area (Å²) < 4.78 is 37.4. The number of aromatic nitrogens is 2. The van der Waals surface area contributed by atoms with E-state index < -0.39 is 11.9 Å². The topological polar surface area (TPSA) is 29.0 Å². The molecule has 2 heterocycles. The molecule has 0 aromatic carbocycles. The van der Waals surface area contributed by atoms with Crippen molar-refractivity contribution in [2.75, 3.05) is 23.3 Å². The van der Waals surface area contributed by atoms with E-state index in [4.69, 9.17) is 0 Å². The number of halogens is 4. The van der Waals surface area contributed by atoms with E-state index in [0.29, 0.717) is 19.0 Å². The molecule has 1 atom stereocenters. The maximum Gasteiger partial charge on any atom is 0.433 e. The van der Waals surface area contributed by atoms with Crippen LogP contribution in [0.4, 0.5) is 19.1 Å². The molecule has 1 fully saturated rings. The van der Waals surface area contributed by atoms with Gasteiger partial charge >= 0.3 is 6.18 Å². The molecule has 7 heteroatoms. The molecule has 0 aliphatic carbocycles. The van der Waals surface area contributed by atoms with E-state index in [-0.39, 0.29) is 5.95 Å². The van der Waals surface area contributed by atoms with Crippen molar-refractivity contribution >= 4 is 21.9 Å². The summed E-state index contributed by atoms with van der Waals surface area (Å²) in [5.74, 6) is 0.622. The van der Waals surface area contributed by atoms with Gasteiger partial charge in [-0.2, -0.15) is 13.2 Å². The molecule has 0 N–H and O–H groups in total. The largest absolute Gasteiger partial charge is 0.433 e. The summed E-state index contributed by atoms with van der Waals surface area (Å²) in [6.45, 7) is 1.41. The molecule has 3 nitrogen and oxygen atoms in total. The van der Waals surface area contributed by atoms with E-state index >= 15 is 0 Å². The fourth-order valence-corrected chi connectivity index (χ4v) is 2.33. The number of alkyl halides is 4. The van der Waals surface area contributed by atoms with Crippen LogP contribution in [0.1, 0.15) is 12.1 Å². The third-order valence-electron chi connectivity index (χ3n) is 2.72. The van der Waals surface area contributed by atoms with E-state index in [1.54, 1.807) is 4.90 Å². The Balaban J connectivity index is 2.17. The molecular formula is C10H11BrF3N3. The van der Waals surface area contributed by atoms with Gasteiger partial charge in [0.1, 0.15) is 5.69 Å². The molecule has 0 saturated carbocycles. The van der Waals surface area contributed by atoms with Gasteiger partial charge in [0, 0.05) is 24.6 Å². The van der Waals surface area contributed by atoms with Gasteiger partial charge in [0.15, 0.2) is 0 Å². The molecule has 0 amide bonds. The molecule has 0 radical (unpaired) electrons. The van der Waals surface area contributed by atoms with E-state index in [0.717, 1.165) is 24.0 Å². The fraction of sp³-hybridized carbons (Fsp3) is 0.600. The van der Waals surface area contributed by atoms with Crippen LogP contribution in [0.25, 0.3) is 0 Å². The molecule has 0 bridgehead atoms. The summed E-state index contributed by atoms with van der Waals surface area (Å²) in [4.78, 5) is 9.27. The zero-order valence-corrected chi connectivity index (χ0v) is 10.5. The lowest BCUT2D eigenvalue weighted by Gasteiger charge is -2.16. The summed E-state index contributed by atoms with van der Waals surface area (Å²) in [6.07, 6.45) is -2.30. The highest BCUT2D eigenvalue weighted by Crippen LogP contribution is 2.29. The van der Waals surface area contributed by atoms with Gasteiger partial charge in [-0.3, -0.25) is 0 Å². The van der Waals surface area contributed by atoms with Gasteiger partial charge in [-0.1, -0.05) is 15.9 Å². The van der Waals surface area contributed by atoms with Crippen molar-refractivity contribution < 1.29 is 13.2 Å². The minimum atomic E-state index is -4.41. The van der Waals surface area contributed by atoms with Crippen LogP contribution < -0.4 is 4.90 Å². The van der Waals surface area contributed by atoms with Gasteiger partial charge in [-0.25, -0.2) is 9.97 Å². The Bertz CT molecular complexity index is 397. The SMILES string of the molecule is FC(F)(F)c1ccnc(N2CCC(CBr)C2)n1. The van der Waals surface area contributed by atoms with Gasteiger partial charge in [0.05, 0.1) is 0 Å². The highest BCUT2D eigenvalue weighted by atomic mass is 79.9. The van der Waals surface area contributed by atoms with Crippen molar-refractivity contribution in [3.63, 3.8) is 0 Å². The van der Waals surface area contributed by atoms with Crippen molar-refractivity contribution in [2.45, 2.75) is 12.6 Å². The summed E-state index contributed by atoms with van der Waals surface area (Å²) >= 11 is 3.37. The number of hydrogen-bond acceptors (Lipinski definition) is 3. The summed E-state index contributed by atoms with van der Waals surface area (Å²) in [5.41, 5.74) is -0.884. The van der Waals surface area contributed by atoms with Crippen LogP contribution >= 0.6 is 15.9 Å². The highest BCUT2D eigenvalue weighted by molar-refractivity contribution is 9.09. The predicted molar refractivity (Wildman–Crippen MR) is 61.1 cm³/mol. The van der Waals surface area contributed by atoms with Crippen molar-refractivity contribution in [1.82, 2.24) is 9.97 Å². The van der Waals surface area contributed by atoms with Gasteiger partial charge < -0.3 is 4.90 Å². The molecule has 2 rings (SSSR count). The first-order valence-electron chi connectivity index (χ1n) is 5.22. The Morgan fingerprint density at radius 1 is 1.47 bits per heavy atom. The Hall–Kier alpha value is -0.850. The lowest BCUT2D eigenvalue weighted by Crippen LogP contribution is -2.23. The lowest BCUT2D eigenvalue weighted by molar-refractivity contribution is -0.141. The normalized spacial score (nSPS) is 20.9. The first kappa shape index (κ1) is 12.6. The maximum absolute atomic E-state index is 12.5. The zero-order chi connectivity index (χ0) is 12.5. The Kier molecular flexibility index (Phi) is 3.56. The molecule has 94 valence electrons. The van der Waals surface area contributed by atoms with Crippen LogP contribution in [-0.2, 0) is 6.18 Å². The second kappa shape index (κ2) is 4.80. The van der Waals surface area contributed by atoms with E-state index in [1.807, 2.05) is 0 Å². The van der Waals surface area contributed by atoms with E-state index in [2.05, 4.69) is 25.9 Å². The van der Waals surface area contributed by atoms with E-state index in [1.165, 1.54) is 0 Å². The Morgan fingerprint density at radius 2 is 2.24 bits per heavy atom. The Labute approximate surface area is 105 Å². The molecule has 1 unspecified atom stereocenters. The third kappa shape index (κ3) is 2.88. The van der Waals surface area contributed by atoms with Crippen LogP contribution in [0.15, 0.2) is 12.3 Å². The molecule has 1 aliphatic rings. The van der Waals surface area contributed by atoms with Crippen molar-refractivity contribution in [3.05, 3.63) is 18.0 Å². The van der Waals surface area contributed by atoms with Gasteiger partial charge in [0.2, 0.25) is 5.95 Å². The first-order chi connectivity index (χ1) is 8.00. The van der Waals surface area contributed by atoms with Gasteiger partial charge in [-0.15, -0.1) is 0 Å². The molecule has 1 aromatic heterocycles. The van der Waals surface area contributed by atoms with Gasteiger partial charge in [-0.05, 0) is 18.4 Å². The van der Waals surface area contributed by atoms with Gasteiger partial charge in [0.25, 0.3) is 0 Å². The molecule has 1 aliphatic heterocycles. The van der Waals surface area contributed by atoms with Crippen LogP contribution in [-0.4, -0.2) is 28.4 Å². The first-order valence-corrected chi connectivity index (χ1v) is 6.34. The number of rotatable bonds is 2. The van der Waals surface area contributed by atoms with Crippen LogP contribution in [0, 0.1) is 5.92 Å². The highest BCUT2D eigenvalue weighted by Gasteiger charge is 2.33. The van der Waals surface area contributed by atoms with Crippen LogP contribution in [0.3, 0.4) is 0 Å². The minimum Gasteiger partial charge on any atom is -0.340 e. The lowest BCUT2D eigenvalue weighted by atomic mass is 10.2. The second-order valence-corrected chi connectivity index (χ2v) is 4.64. The summed E-state index contributed by atoms with van der Waals surface area (Å²) in [7, 11) is 0. The predicted octanol–water partition coefficient (Wildman–Crippen LogP) is 2.72. The van der Waals surface area contributed by atoms with Crippen molar-refractivity contribution in [3.8, 4) is 0 Å². The maximum atomic E-state index is 12.5. The number of anilines is 1. The zero-order valence-electron chi connectivity index (χ0n) is 8.91. The third-order valence-corrected chi connectivity index (χ3v) is 3.64. The molecule has 1 aromatic rings. The summed E-state index contributed by atoms with van der Waals surface area (Å²) in [5, 5.41) is 0.850. The smallest absolute Gasteiger partial charge is 0.340 e. The molecule has 17 heavy (non-hydrogen) atoms. The average molecular weight is 310 g/mol. The number of hydrogen-bond donors (Lipinski definition) is 0. The monoisotopic (exact) mass is 309 g/mol. The average Bonchev–Trinajstić information content (AvgIpc) is 2.76. The van der Waals surface area contributed by atoms with Crippen LogP contribution in [0.2, 0.25) is 0 Å². The molecular weight excluding hydrogens is 299 g/mol. The van der Waals surface area contributed by atoms with Crippen molar-refractivity contribution in [2.24, 2.45) is 5.92 Å². The van der Waals surface area contributed by atoms with Crippen molar-refractivity contribution in [1.29, 1.82) is 0 Å². The minimum absolute atomic E-state index is 0.170. The summed E-state index contributed by atoms with van der Waals surface area (Å²) in [6, 6.07) is 0.890. The molecule has 0 spiro atoms. The quantitative estimate of drug-likeness (QED) is 0.787. The molecule has 1 saturated heterocycles. The Morgan fingerprint density at radius 3 is 2.82 bits per heavy atom. The van der Waals surface area contributed by atoms with Crippen LogP contribution in [0.5, 0.6) is 0 Å². The number of nitrogens with zero attached hydrogens (tertiary/aromatic N) is 3. The standard InChI is InChI=1S/C10H11BrF3N3/c11-5-7-2-4-17(6-7)9-15-3-1-8(16-9)10(12,13)14/h1,3,7H,2,4-6H2. The fourth-order valence-electron chi connectivity index (χ4n) is 1.80. The second-order valence-electron chi connectivity index (χ2n) is 3.99. The van der Waals surface area contributed by atoms with E-state index in [9.17, 15) is 13.2 Å².